The van der Waals surface area contributed by atoms with E-state index in [1.165, 1.54) is 22.6 Å². The molecule has 1 aromatic heterocycles. The van der Waals surface area contributed by atoms with Gasteiger partial charge in [-0.25, -0.2) is 22.6 Å². The van der Waals surface area contributed by atoms with Crippen molar-refractivity contribution < 1.29 is 32.2 Å². The van der Waals surface area contributed by atoms with Gasteiger partial charge in [0.2, 0.25) is 21.8 Å². The predicted molar refractivity (Wildman–Crippen MR) is 177 cm³/mol. The number of rotatable bonds is 11. The summed E-state index contributed by atoms with van der Waals surface area (Å²) in [5, 5.41) is 18.9. The molecule has 2 aliphatic rings. The van der Waals surface area contributed by atoms with E-state index in [2.05, 4.69) is 20.9 Å². The minimum absolute atomic E-state index is 0.0814. The fourth-order valence-electron chi connectivity index (χ4n) is 6.30. The first-order chi connectivity index (χ1) is 22.4. The van der Waals surface area contributed by atoms with Crippen LogP contribution in [0.4, 0.5) is 14.9 Å². The van der Waals surface area contributed by atoms with Gasteiger partial charge in [-0.2, -0.15) is 4.31 Å². The average molecular weight is 688 g/mol. The monoisotopic (exact) mass is 687 g/mol. The number of nitrogens with one attached hydrogen (secondary N) is 3. The summed E-state index contributed by atoms with van der Waals surface area (Å²) >= 11 is 6.15. The van der Waals surface area contributed by atoms with Crippen molar-refractivity contribution in [2.75, 3.05) is 24.2 Å². The largest absolute Gasteiger partial charge is 0.475 e. The second-order valence-electron chi connectivity index (χ2n) is 12.1. The van der Waals surface area contributed by atoms with Gasteiger partial charge in [-0.05, 0) is 81.0 Å². The maximum absolute atomic E-state index is 15.4. The molecule has 3 aromatic rings. The normalized spacial score (nSPS) is 21.7. The predicted octanol–water partition coefficient (Wildman–Crippen LogP) is 4.77. The van der Waals surface area contributed by atoms with Crippen LogP contribution in [0.25, 0.3) is 0 Å². The lowest BCUT2D eigenvalue weighted by Crippen LogP contribution is -2.57. The van der Waals surface area contributed by atoms with Crippen LogP contribution < -0.4 is 20.7 Å². The van der Waals surface area contributed by atoms with Crippen LogP contribution in [-0.4, -0.2) is 77.9 Å². The highest BCUT2D eigenvalue weighted by atomic mass is 35.5. The second kappa shape index (κ2) is 15.0. The number of anilines is 1. The number of hydrogen-bond donors (Lipinski definition) is 4. The van der Waals surface area contributed by atoms with E-state index < -0.39 is 39.8 Å². The Morgan fingerprint density at radius 2 is 1.94 bits per heavy atom. The van der Waals surface area contributed by atoms with Gasteiger partial charge in [0, 0.05) is 59.6 Å². The van der Waals surface area contributed by atoms with Gasteiger partial charge in [-0.1, -0.05) is 29.8 Å². The number of aromatic nitrogens is 1. The number of amides is 2. The number of fused-ring (bicyclic) bond motifs is 2. The molecular formula is C33H39ClFN5O6S. The van der Waals surface area contributed by atoms with Crippen molar-refractivity contribution in [2.45, 2.75) is 69.7 Å². The topological polar surface area (TPSA) is 150 Å². The highest BCUT2D eigenvalue weighted by molar-refractivity contribution is 7.89. The number of halogens is 2. The Kier molecular flexibility index (Phi) is 11.0. The number of ether oxygens (including phenoxy) is 1. The molecular weight excluding hydrogens is 649 g/mol. The number of pyridine rings is 1. The van der Waals surface area contributed by atoms with Gasteiger partial charge in [0.15, 0.2) is 0 Å². The van der Waals surface area contributed by atoms with Crippen molar-refractivity contribution >= 4 is 39.3 Å². The van der Waals surface area contributed by atoms with Crippen molar-refractivity contribution in [1.29, 1.82) is 0 Å². The lowest BCUT2D eigenvalue weighted by atomic mass is 9.84. The summed E-state index contributed by atoms with van der Waals surface area (Å²) in [4.78, 5) is 30.4. The molecule has 0 saturated carbocycles. The Labute approximate surface area is 278 Å². The highest BCUT2D eigenvalue weighted by Crippen LogP contribution is 2.33. The first kappa shape index (κ1) is 34.6. The van der Waals surface area contributed by atoms with Crippen molar-refractivity contribution in [3.8, 4) is 5.88 Å². The summed E-state index contributed by atoms with van der Waals surface area (Å²) in [6.07, 6.45) is 1.73. The second-order valence-corrected chi connectivity index (χ2v) is 14.6. The van der Waals surface area contributed by atoms with Crippen molar-refractivity contribution in [3.63, 3.8) is 0 Å². The van der Waals surface area contributed by atoms with Gasteiger partial charge in [-0.3, -0.25) is 4.79 Å². The van der Waals surface area contributed by atoms with Gasteiger partial charge in [0.25, 0.3) is 0 Å². The Hall–Kier alpha value is -3.78. The fourth-order valence-corrected chi connectivity index (χ4v) is 8.23. The summed E-state index contributed by atoms with van der Waals surface area (Å²) in [5.74, 6) is -1.76. The molecule has 14 heteroatoms. The minimum atomic E-state index is -3.44. The van der Waals surface area contributed by atoms with E-state index in [1.807, 2.05) is 13.8 Å². The molecule has 2 saturated heterocycles. The van der Waals surface area contributed by atoms with Crippen LogP contribution in [0, 0.1) is 5.82 Å². The zero-order valence-electron chi connectivity index (χ0n) is 26.2. The first-order valence-electron chi connectivity index (χ1n) is 15.6. The molecule has 2 aromatic carbocycles. The van der Waals surface area contributed by atoms with Crippen LogP contribution >= 0.6 is 11.6 Å². The lowest BCUT2D eigenvalue weighted by molar-refractivity contribution is -0.118. The molecule has 252 valence electrons. The molecule has 0 spiro atoms. The summed E-state index contributed by atoms with van der Waals surface area (Å²) in [5.41, 5.74) is 1.50. The van der Waals surface area contributed by atoms with Gasteiger partial charge in [0.1, 0.15) is 11.9 Å². The molecule has 5 unspecified atom stereocenters. The van der Waals surface area contributed by atoms with Crippen molar-refractivity contribution in [1.82, 2.24) is 19.9 Å². The van der Waals surface area contributed by atoms with E-state index in [4.69, 9.17) is 16.3 Å². The molecule has 47 heavy (non-hydrogen) atoms. The maximum Gasteiger partial charge on any atom is 0.405 e. The molecule has 4 N–H and O–H groups in total. The molecule has 5 atom stereocenters. The average Bonchev–Trinajstić information content (AvgIpc) is 3.12. The summed E-state index contributed by atoms with van der Waals surface area (Å²) in [6.45, 7) is 4.51. The SMILES string of the molecule is CC(C)Oc1cc(C(c2ccc(Cl)cc2)C(NC(=O)O)C(=O)Nc2cccc(F)c2CCC2CNC3CCCS(=O)(=O)N2C3)ccn1. The first-order valence-corrected chi connectivity index (χ1v) is 17.6. The van der Waals surface area contributed by atoms with Crippen LogP contribution in [0.5, 0.6) is 5.88 Å². The maximum atomic E-state index is 15.4. The third-order valence-corrected chi connectivity index (χ3v) is 10.7. The number of carboxylic acid groups (broad SMARTS) is 1. The zero-order chi connectivity index (χ0) is 33.7. The molecule has 0 aliphatic carbocycles. The lowest BCUT2D eigenvalue weighted by Gasteiger charge is -2.37. The molecule has 2 aliphatic heterocycles. The third-order valence-electron chi connectivity index (χ3n) is 8.46. The highest BCUT2D eigenvalue weighted by Gasteiger charge is 2.38. The minimum Gasteiger partial charge on any atom is -0.475 e. The van der Waals surface area contributed by atoms with Crippen LogP contribution in [0.2, 0.25) is 5.02 Å². The van der Waals surface area contributed by atoms with Crippen LogP contribution in [0.3, 0.4) is 0 Å². The van der Waals surface area contributed by atoms with Crippen molar-refractivity contribution in [3.05, 3.63) is 88.3 Å². The molecule has 11 nitrogen and oxygen atoms in total. The number of piperazine rings is 1. The van der Waals surface area contributed by atoms with E-state index in [0.29, 0.717) is 48.0 Å². The summed E-state index contributed by atoms with van der Waals surface area (Å²) in [6, 6.07) is 12.6. The molecule has 2 amide bonds. The molecule has 2 bridgehead atoms. The Balaban J connectivity index is 1.44. The van der Waals surface area contributed by atoms with Gasteiger partial charge < -0.3 is 25.8 Å². The molecule has 3 heterocycles. The number of carbonyl (C=O) groups excluding carboxylic acids is 1. The smallest absolute Gasteiger partial charge is 0.405 e. The zero-order valence-corrected chi connectivity index (χ0v) is 27.7. The van der Waals surface area contributed by atoms with Crippen LogP contribution in [0.15, 0.2) is 60.8 Å². The number of benzene rings is 2. The number of nitrogens with zero attached hydrogens (tertiary/aromatic N) is 2. The quantitative estimate of drug-likeness (QED) is 0.225. The Morgan fingerprint density at radius 1 is 1.17 bits per heavy atom. The number of sulfonamides is 1. The molecule has 5 rings (SSSR count). The summed E-state index contributed by atoms with van der Waals surface area (Å²) < 4.78 is 48.6. The van der Waals surface area contributed by atoms with Gasteiger partial charge >= 0.3 is 6.09 Å². The van der Waals surface area contributed by atoms with Gasteiger partial charge in [0.05, 0.1) is 11.9 Å². The van der Waals surface area contributed by atoms with E-state index in [0.717, 1.165) is 6.42 Å². The van der Waals surface area contributed by atoms with E-state index in [9.17, 15) is 23.1 Å². The summed E-state index contributed by atoms with van der Waals surface area (Å²) in [7, 11) is -3.44. The Bertz CT molecular complexity index is 1690. The van der Waals surface area contributed by atoms with E-state index in [-0.39, 0.29) is 41.6 Å². The van der Waals surface area contributed by atoms with E-state index in [1.54, 1.807) is 42.5 Å². The third kappa shape index (κ3) is 8.58. The fraction of sp³-hybridized carbons (Fsp3) is 0.424. The number of carbonyl (C=O) groups is 2. The molecule has 0 radical (unpaired) electrons. The van der Waals surface area contributed by atoms with Crippen molar-refractivity contribution in [2.24, 2.45) is 0 Å². The van der Waals surface area contributed by atoms with E-state index >= 15 is 4.39 Å². The molecule has 2 fully saturated rings. The standard InChI is InChI=1S/C33H39ClFN5O6S/c1-20(2)46-29-17-22(14-15-36-29)30(21-8-10-23(34)11-9-21)31(39-33(42)43)32(41)38-28-7-3-6-27(35)26(28)13-12-25-18-37-24-5-4-16-47(44,45)40(25)19-24/h3,6-11,14-15,17,20,24-25,30-31,37,39H,4-5,12-13,16,18-19H2,1-2H3,(H,38,41)(H,42,43). The van der Waals surface area contributed by atoms with Crippen LogP contribution in [-0.2, 0) is 21.2 Å². The van der Waals surface area contributed by atoms with Crippen LogP contribution in [0.1, 0.15) is 55.7 Å². The Morgan fingerprint density at radius 3 is 2.66 bits per heavy atom. The van der Waals surface area contributed by atoms with Gasteiger partial charge in [-0.15, -0.1) is 0 Å². The number of hydrogen-bond acceptors (Lipinski definition) is 7.